The maximum Gasteiger partial charge on any atom is 0.415 e. The zero-order chi connectivity index (χ0) is 27.6. The fraction of sp³-hybridized carbons (Fsp3) is 0.333. The normalized spacial score (nSPS) is 19.1. The Bertz CT molecular complexity index is 1630. The van der Waals surface area contributed by atoms with Crippen LogP contribution in [-0.2, 0) is 22.5 Å². The third-order valence-electron chi connectivity index (χ3n) is 7.54. The van der Waals surface area contributed by atoms with Gasteiger partial charge in [0, 0.05) is 31.0 Å². The third-order valence-corrected chi connectivity index (χ3v) is 7.89. The van der Waals surface area contributed by atoms with Gasteiger partial charge in [0.25, 0.3) is 5.91 Å². The number of hydrogen-bond acceptors (Lipinski definition) is 6. The number of benzene rings is 2. The second-order valence-corrected chi connectivity index (χ2v) is 10.5. The predicted octanol–water partition coefficient (Wildman–Crippen LogP) is 3.59. The molecule has 202 valence electrons. The Morgan fingerprint density at radius 3 is 2.59 bits per heavy atom. The van der Waals surface area contributed by atoms with Crippen LogP contribution in [-0.4, -0.2) is 46.8 Å². The van der Waals surface area contributed by atoms with Crippen molar-refractivity contribution in [2.75, 3.05) is 22.9 Å². The van der Waals surface area contributed by atoms with Crippen molar-refractivity contribution >= 4 is 51.8 Å². The van der Waals surface area contributed by atoms with Crippen molar-refractivity contribution in [2.24, 2.45) is 5.73 Å². The van der Waals surface area contributed by atoms with E-state index in [1.807, 2.05) is 17.0 Å². The van der Waals surface area contributed by atoms with Gasteiger partial charge in [-0.1, -0.05) is 17.7 Å². The second-order valence-electron chi connectivity index (χ2n) is 10.1. The van der Waals surface area contributed by atoms with Gasteiger partial charge in [-0.15, -0.1) is 0 Å². The number of nitrogens with two attached hydrogens (primary N) is 1. The van der Waals surface area contributed by atoms with Crippen LogP contribution in [0.25, 0.3) is 10.9 Å². The van der Waals surface area contributed by atoms with E-state index < -0.39 is 40.9 Å². The second kappa shape index (κ2) is 9.26. The van der Waals surface area contributed by atoms with Crippen molar-refractivity contribution in [3.63, 3.8) is 0 Å². The smallest absolute Gasteiger partial charge is 0.415 e. The van der Waals surface area contributed by atoms with Gasteiger partial charge in [-0.2, -0.15) is 0 Å². The molecule has 1 atom stereocenters. The number of carboxylic acids is 1. The number of ether oxygens (including phenoxy) is 1. The van der Waals surface area contributed by atoms with Gasteiger partial charge < -0.3 is 25.0 Å². The number of aromatic nitrogens is 1. The van der Waals surface area contributed by atoms with Gasteiger partial charge in [0.05, 0.1) is 28.2 Å². The lowest BCUT2D eigenvalue weighted by Crippen LogP contribution is -2.32. The first-order chi connectivity index (χ1) is 18.6. The number of carbonyl (C=O) groups excluding carboxylic acids is 2. The Balaban J connectivity index is 1.38. The first-order valence-corrected chi connectivity index (χ1v) is 13.0. The fourth-order valence-corrected chi connectivity index (χ4v) is 5.85. The number of carbonyl (C=O) groups is 3. The number of hydrogen-bond donors (Lipinski definition) is 2. The van der Waals surface area contributed by atoms with E-state index in [-0.39, 0.29) is 28.7 Å². The van der Waals surface area contributed by atoms with E-state index in [0.717, 1.165) is 30.0 Å². The number of aryl methyl sites for hydroxylation is 1. The summed E-state index contributed by atoms with van der Waals surface area (Å²) in [6, 6.07) is 6.54. The minimum atomic E-state index is -1.37. The number of anilines is 2. The predicted molar refractivity (Wildman–Crippen MR) is 141 cm³/mol. The molecule has 6 rings (SSSR count). The van der Waals surface area contributed by atoms with Crippen LogP contribution in [0.4, 0.5) is 20.6 Å². The van der Waals surface area contributed by atoms with Gasteiger partial charge in [0.15, 0.2) is 6.10 Å². The van der Waals surface area contributed by atoms with Crippen LogP contribution in [0.5, 0.6) is 0 Å². The summed E-state index contributed by atoms with van der Waals surface area (Å²) in [4.78, 5) is 51.5. The number of carboxylic acid groups (broad SMARTS) is 1. The van der Waals surface area contributed by atoms with E-state index in [9.17, 15) is 24.3 Å². The number of rotatable bonds is 5. The standard InChI is InChI=1S/C27H24ClFN4O6/c28-21-22-17(24(34)18(26(36)37)11-32(22)15-5-6-15)9-19(29)23(21)31-7-1-2-13-8-16(4-3-14(13)10-31)33-12-20(25(30)35)39-27(33)38/h3-4,8-9,11,15,20H,1-2,5-7,10,12H2,(H2,30,35)(H,36,37). The molecule has 2 fully saturated rings. The number of primary amides is 1. The Hall–Kier alpha value is -4.12. The number of aromatic carboxylic acids is 1. The van der Waals surface area contributed by atoms with Crippen LogP contribution >= 0.6 is 11.6 Å². The molecule has 1 unspecified atom stereocenters. The number of cyclic esters (lactones) is 1. The van der Waals surface area contributed by atoms with E-state index in [2.05, 4.69) is 0 Å². The number of amides is 2. The van der Waals surface area contributed by atoms with Gasteiger partial charge in [-0.05, 0) is 55.0 Å². The van der Waals surface area contributed by atoms with Crippen molar-refractivity contribution in [2.45, 2.75) is 44.4 Å². The highest BCUT2D eigenvalue weighted by Crippen LogP contribution is 2.43. The fourth-order valence-electron chi connectivity index (χ4n) is 5.44. The van der Waals surface area contributed by atoms with Crippen molar-refractivity contribution in [3.05, 3.63) is 68.2 Å². The van der Waals surface area contributed by atoms with E-state index in [0.29, 0.717) is 37.1 Å². The van der Waals surface area contributed by atoms with Gasteiger partial charge >= 0.3 is 12.1 Å². The number of pyridine rings is 1. The lowest BCUT2D eigenvalue weighted by atomic mass is 10.0. The highest BCUT2D eigenvalue weighted by Gasteiger charge is 2.36. The molecule has 2 amide bonds. The lowest BCUT2D eigenvalue weighted by molar-refractivity contribution is -0.124. The summed E-state index contributed by atoms with van der Waals surface area (Å²) in [5.74, 6) is -2.78. The summed E-state index contributed by atoms with van der Waals surface area (Å²) in [5.41, 5.74) is 7.04. The third kappa shape index (κ3) is 4.26. The maximum absolute atomic E-state index is 15.6. The van der Waals surface area contributed by atoms with Crippen LogP contribution in [0.2, 0.25) is 5.02 Å². The summed E-state index contributed by atoms with van der Waals surface area (Å²) >= 11 is 6.82. The van der Waals surface area contributed by atoms with Crippen LogP contribution in [0.15, 0.2) is 35.3 Å². The summed E-state index contributed by atoms with van der Waals surface area (Å²) in [6.45, 7) is 0.832. The van der Waals surface area contributed by atoms with Crippen molar-refractivity contribution < 1.29 is 28.6 Å². The molecule has 12 heteroatoms. The number of halogens is 2. The molecule has 2 aliphatic heterocycles. The molecule has 0 spiro atoms. The molecule has 10 nitrogen and oxygen atoms in total. The molecule has 0 bridgehead atoms. The van der Waals surface area contributed by atoms with Crippen LogP contribution in [0, 0.1) is 5.82 Å². The van der Waals surface area contributed by atoms with Crippen molar-refractivity contribution in [3.8, 4) is 0 Å². The van der Waals surface area contributed by atoms with E-state index in [1.54, 1.807) is 10.6 Å². The van der Waals surface area contributed by atoms with Gasteiger partial charge in [-0.3, -0.25) is 14.5 Å². The van der Waals surface area contributed by atoms with Gasteiger partial charge in [0.1, 0.15) is 11.4 Å². The first kappa shape index (κ1) is 25.2. The molecular weight excluding hydrogens is 531 g/mol. The zero-order valence-corrected chi connectivity index (χ0v) is 21.4. The Morgan fingerprint density at radius 2 is 1.92 bits per heavy atom. The molecule has 3 aliphatic rings. The highest BCUT2D eigenvalue weighted by molar-refractivity contribution is 6.38. The molecule has 39 heavy (non-hydrogen) atoms. The minimum absolute atomic E-state index is 0.00303. The SMILES string of the molecule is NC(=O)C1CN(c2ccc3c(c2)CCCN(c2c(F)cc4c(=O)c(C(=O)O)cn(C5CC5)c4c2Cl)C3)C(=O)O1. The quantitative estimate of drug-likeness (QED) is 0.492. The molecule has 3 aromatic rings. The number of nitrogens with zero attached hydrogens (tertiary/aromatic N) is 3. The van der Waals surface area contributed by atoms with E-state index in [4.69, 9.17) is 22.1 Å². The molecule has 1 aromatic heterocycles. The summed E-state index contributed by atoms with van der Waals surface area (Å²) in [6.07, 6.45) is 2.59. The maximum atomic E-state index is 15.6. The van der Waals surface area contributed by atoms with Gasteiger partial charge in [0.2, 0.25) is 5.43 Å². The molecule has 1 saturated carbocycles. The first-order valence-electron chi connectivity index (χ1n) is 12.6. The average Bonchev–Trinajstić information content (AvgIpc) is 3.68. The van der Waals surface area contributed by atoms with Crippen molar-refractivity contribution in [1.82, 2.24) is 4.57 Å². The van der Waals surface area contributed by atoms with E-state index >= 15 is 4.39 Å². The van der Waals surface area contributed by atoms with E-state index in [1.165, 1.54) is 11.1 Å². The zero-order valence-electron chi connectivity index (χ0n) is 20.7. The van der Waals surface area contributed by atoms with Crippen LogP contribution in [0.1, 0.15) is 46.8 Å². The molecule has 2 aromatic carbocycles. The topological polar surface area (TPSA) is 135 Å². The van der Waals surface area contributed by atoms with Crippen molar-refractivity contribution in [1.29, 1.82) is 0 Å². The van der Waals surface area contributed by atoms with Crippen LogP contribution < -0.4 is 21.0 Å². The molecular formula is C27H24ClFN4O6. The Morgan fingerprint density at radius 1 is 1.15 bits per heavy atom. The van der Waals surface area contributed by atoms with Gasteiger partial charge in [-0.25, -0.2) is 14.0 Å². The lowest BCUT2D eigenvalue weighted by Gasteiger charge is -2.26. The molecule has 3 N–H and O–H groups in total. The van der Waals surface area contributed by atoms with Crippen LogP contribution in [0.3, 0.4) is 0 Å². The minimum Gasteiger partial charge on any atom is -0.477 e. The number of fused-ring (bicyclic) bond motifs is 2. The molecule has 1 saturated heterocycles. The monoisotopic (exact) mass is 554 g/mol. The summed E-state index contributed by atoms with van der Waals surface area (Å²) in [7, 11) is 0. The molecule has 0 radical (unpaired) electrons. The summed E-state index contributed by atoms with van der Waals surface area (Å²) < 4.78 is 22.4. The average molecular weight is 555 g/mol. The molecule has 3 heterocycles. The Labute approximate surface area is 226 Å². The summed E-state index contributed by atoms with van der Waals surface area (Å²) in [5, 5.41) is 9.53. The Kier molecular flexibility index (Phi) is 5.98. The molecule has 1 aliphatic carbocycles. The highest BCUT2D eigenvalue weighted by atomic mass is 35.5. The largest absolute Gasteiger partial charge is 0.477 e.